The van der Waals surface area contributed by atoms with Gasteiger partial charge in [-0.25, -0.2) is 4.68 Å². The summed E-state index contributed by atoms with van der Waals surface area (Å²) >= 11 is 0. The Morgan fingerprint density at radius 3 is 2.84 bits per heavy atom. The van der Waals surface area contributed by atoms with Crippen molar-refractivity contribution in [3.63, 3.8) is 0 Å². The predicted molar refractivity (Wildman–Crippen MR) is 72.2 cm³/mol. The van der Waals surface area contributed by atoms with Gasteiger partial charge in [0.2, 0.25) is 0 Å². The summed E-state index contributed by atoms with van der Waals surface area (Å²) in [7, 11) is 0. The van der Waals surface area contributed by atoms with Crippen molar-refractivity contribution in [3.05, 3.63) is 48.3 Å². The second-order valence-electron chi connectivity index (χ2n) is 4.40. The molecule has 0 aliphatic heterocycles. The van der Waals surface area contributed by atoms with Crippen molar-refractivity contribution in [1.29, 1.82) is 0 Å². The molecule has 0 radical (unpaired) electrons. The maximum absolute atomic E-state index is 11.8. The summed E-state index contributed by atoms with van der Waals surface area (Å²) in [5.74, 6) is -0.178. The van der Waals surface area contributed by atoms with E-state index in [4.69, 9.17) is 5.11 Å². The molecule has 2 aromatic rings. The Morgan fingerprint density at radius 2 is 2.16 bits per heavy atom. The van der Waals surface area contributed by atoms with Crippen molar-refractivity contribution in [1.82, 2.24) is 15.1 Å². The van der Waals surface area contributed by atoms with E-state index >= 15 is 0 Å². The number of nitrogens with one attached hydrogen (secondary N) is 1. The molecule has 0 spiro atoms. The number of aromatic nitrogens is 2. The molecule has 0 bridgehead atoms. The molecule has 1 amide bonds. The molecule has 2 rings (SSSR count). The van der Waals surface area contributed by atoms with Crippen molar-refractivity contribution in [3.8, 4) is 5.69 Å². The average Bonchev–Trinajstić information content (AvgIpc) is 2.89. The van der Waals surface area contributed by atoms with Gasteiger partial charge < -0.3 is 10.4 Å². The van der Waals surface area contributed by atoms with E-state index in [0.717, 1.165) is 5.69 Å². The summed E-state index contributed by atoms with van der Waals surface area (Å²) in [6, 6.07) is 9.60. The molecule has 1 heterocycles. The zero-order valence-electron chi connectivity index (χ0n) is 10.8. The number of rotatable bonds is 5. The van der Waals surface area contributed by atoms with Crippen LogP contribution in [0.1, 0.15) is 23.7 Å². The van der Waals surface area contributed by atoms with Gasteiger partial charge in [0.25, 0.3) is 5.91 Å². The predicted octanol–water partition coefficient (Wildman–Crippen LogP) is 1.37. The topological polar surface area (TPSA) is 67.2 Å². The van der Waals surface area contributed by atoms with Crippen LogP contribution in [0.2, 0.25) is 0 Å². The van der Waals surface area contributed by atoms with Crippen molar-refractivity contribution >= 4 is 5.91 Å². The quantitative estimate of drug-likeness (QED) is 0.852. The highest BCUT2D eigenvalue weighted by atomic mass is 16.3. The second kappa shape index (κ2) is 6.15. The van der Waals surface area contributed by atoms with Crippen LogP contribution < -0.4 is 5.32 Å². The van der Waals surface area contributed by atoms with E-state index in [9.17, 15) is 4.79 Å². The molecule has 0 saturated heterocycles. The van der Waals surface area contributed by atoms with Gasteiger partial charge in [0, 0.05) is 12.7 Å². The summed E-state index contributed by atoms with van der Waals surface area (Å²) < 4.78 is 1.66. The highest BCUT2D eigenvalue weighted by Gasteiger charge is 2.09. The van der Waals surface area contributed by atoms with Crippen molar-refractivity contribution < 1.29 is 9.90 Å². The van der Waals surface area contributed by atoms with Crippen molar-refractivity contribution in [2.75, 3.05) is 6.54 Å². The lowest BCUT2D eigenvalue weighted by atomic mass is 10.2. The van der Waals surface area contributed by atoms with E-state index in [1.165, 1.54) is 6.20 Å². The molecule has 0 aliphatic carbocycles. The third kappa shape index (κ3) is 3.66. The van der Waals surface area contributed by atoms with Crippen molar-refractivity contribution in [2.45, 2.75) is 19.4 Å². The molecule has 1 atom stereocenters. The number of carbonyl (C=O) groups excluding carboxylic acids is 1. The first-order chi connectivity index (χ1) is 9.16. The highest BCUT2D eigenvalue weighted by molar-refractivity contribution is 5.93. The van der Waals surface area contributed by atoms with Crippen LogP contribution in [0.15, 0.2) is 42.7 Å². The molecule has 0 fully saturated rings. The van der Waals surface area contributed by atoms with E-state index in [1.54, 1.807) is 17.8 Å². The molecule has 1 aromatic heterocycles. The van der Waals surface area contributed by atoms with Gasteiger partial charge in [0.1, 0.15) is 0 Å². The van der Waals surface area contributed by atoms with E-state index < -0.39 is 6.10 Å². The van der Waals surface area contributed by atoms with Gasteiger partial charge in [0.05, 0.1) is 23.6 Å². The van der Waals surface area contributed by atoms with Crippen LogP contribution in [0.5, 0.6) is 0 Å². The number of carbonyl (C=O) groups is 1. The third-order valence-corrected chi connectivity index (χ3v) is 2.71. The van der Waals surface area contributed by atoms with Crippen LogP contribution >= 0.6 is 0 Å². The molecule has 2 N–H and O–H groups in total. The van der Waals surface area contributed by atoms with E-state index in [1.807, 2.05) is 30.3 Å². The maximum Gasteiger partial charge on any atom is 0.254 e. The summed E-state index contributed by atoms with van der Waals surface area (Å²) in [6.07, 6.45) is 3.35. The SMILES string of the molecule is CC(O)CCNC(=O)c1cnn(-c2ccccc2)c1. The van der Waals surface area contributed by atoms with Crippen molar-refractivity contribution in [2.24, 2.45) is 0 Å². The molecule has 19 heavy (non-hydrogen) atoms. The summed E-state index contributed by atoms with van der Waals surface area (Å²) in [5.41, 5.74) is 1.42. The minimum atomic E-state index is -0.410. The Hall–Kier alpha value is -2.14. The standard InChI is InChI=1S/C14H17N3O2/c1-11(18)7-8-15-14(19)12-9-16-17(10-12)13-5-3-2-4-6-13/h2-6,9-11,18H,7-8H2,1H3,(H,15,19). The fourth-order valence-electron chi connectivity index (χ4n) is 1.66. The molecule has 0 saturated carbocycles. The van der Waals surface area contributed by atoms with Gasteiger partial charge in [-0.1, -0.05) is 18.2 Å². The zero-order chi connectivity index (χ0) is 13.7. The second-order valence-corrected chi connectivity index (χ2v) is 4.40. The molecule has 0 aliphatic rings. The Bertz CT molecular complexity index is 535. The molecular weight excluding hydrogens is 242 g/mol. The van der Waals surface area contributed by atoms with Crippen LogP contribution in [0, 0.1) is 0 Å². The van der Waals surface area contributed by atoms with Crippen LogP contribution in [0.3, 0.4) is 0 Å². The molecule has 5 nitrogen and oxygen atoms in total. The number of amides is 1. The van der Waals surface area contributed by atoms with Gasteiger partial charge in [-0.05, 0) is 25.5 Å². The first kappa shape index (κ1) is 13.3. The number of benzene rings is 1. The normalized spacial score (nSPS) is 12.1. The van der Waals surface area contributed by atoms with Crippen LogP contribution in [0.25, 0.3) is 5.69 Å². The minimum absolute atomic E-state index is 0.178. The Balaban J connectivity index is 1.99. The Labute approximate surface area is 111 Å². The van der Waals surface area contributed by atoms with Crippen LogP contribution in [-0.2, 0) is 0 Å². The largest absolute Gasteiger partial charge is 0.393 e. The lowest BCUT2D eigenvalue weighted by Crippen LogP contribution is -2.26. The Morgan fingerprint density at radius 1 is 1.42 bits per heavy atom. The number of nitrogens with zero attached hydrogens (tertiary/aromatic N) is 2. The molecular formula is C14H17N3O2. The third-order valence-electron chi connectivity index (χ3n) is 2.71. The zero-order valence-corrected chi connectivity index (χ0v) is 10.8. The fourth-order valence-corrected chi connectivity index (χ4v) is 1.66. The smallest absolute Gasteiger partial charge is 0.254 e. The number of hydrogen-bond donors (Lipinski definition) is 2. The Kier molecular flexibility index (Phi) is 4.30. The number of hydrogen-bond acceptors (Lipinski definition) is 3. The van der Waals surface area contributed by atoms with Gasteiger partial charge in [-0.15, -0.1) is 0 Å². The van der Waals surface area contributed by atoms with Gasteiger partial charge in [-0.3, -0.25) is 4.79 Å². The lowest BCUT2D eigenvalue weighted by Gasteiger charge is -2.05. The molecule has 5 heteroatoms. The first-order valence-electron chi connectivity index (χ1n) is 6.23. The van der Waals surface area contributed by atoms with Crippen LogP contribution in [0.4, 0.5) is 0 Å². The van der Waals surface area contributed by atoms with E-state index in [-0.39, 0.29) is 5.91 Å². The van der Waals surface area contributed by atoms with E-state index in [0.29, 0.717) is 18.5 Å². The fraction of sp³-hybridized carbons (Fsp3) is 0.286. The number of aliphatic hydroxyl groups excluding tert-OH is 1. The van der Waals surface area contributed by atoms with Crippen LogP contribution in [-0.4, -0.2) is 33.4 Å². The molecule has 100 valence electrons. The molecule has 1 unspecified atom stereocenters. The van der Waals surface area contributed by atoms with Gasteiger partial charge in [0.15, 0.2) is 0 Å². The molecule has 1 aromatic carbocycles. The number of para-hydroxylation sites is 1. The minimum Gasteiger partial charge on any atom is -0.393 e. The summed E-state index contributed by atoms with van der Waals surface area (Å²) in [5, 5.41) is 16.0. The lowest BCUT2D eigenvalue weighted by molar-refractivity contribution is 0.0945. The first-order valence-corrected chi connectivity index (χ1v) is 6.23. The van der Waals surface area contributed by atoms with Gasteiger partial charge in [-0.2, -0.15) is 5.10 Å². The number of aliphatic hydroxyl groups is 1. The van der Waals surface area contributed by atoms with Gasteiger partial charge >= 0.3 is 0 Å². The highest BCUT2D eigenvalue weighted by Crippen LogP contribution is 2.07. The van der Waals surface area contributed by atoms with E-state index in [2.05, 4.69) is 10.4 Å². The monoisotopic (exact) mass is 259 g/mol. The average molecular weight is 259 g/mol. The maximum atomic E-state index is 11.8. The summed E-state index contributed by atoms with van der Waals surface area (Å²) in [4.78, 5) is 11.8. The summed E-state index contributed by atoms with van der Waals surface area (Å²) in [6.45, 7) is 2.15.